The first-order valence-electron chi connectivity index (χ1n) is 5.52. The van der Waals surface area contributed by atoms with Crippen LogP contribution < -0.4 is 0 Å². The van der Waals surface area contributed by atoms with Gasteiger partial charge in [-0.3, -0.25) is 0 Å². The Morgan fingerprint density at radius 1 is 1.38 bits per heavy atom. The molecular weight excluding hydrogens is 216 g/mol. The Balaban J connectivity index is 2.47. The summed E-state index contributed by atoms with van der Waals surface area (Å²) in [6, 6.07) is 0. The molecule has 1 aliphatic rings. The van der Waals surface area contributed by atoms with Gasteiger partial charge >= 0.3 is 0 Å². The van der Waals surface area contributed by atoms with Crippen molar-refractivity contribution in [2.75, 3.05) is 13.2 Å². The first kappa shape index (κ1) is 13.8. The zero-order valence-electron chi connectivity index (χ0n) is 9.32. The predicted octanol–water partition coefficient (Wildman–Crippen LogP) is -1.40. The van der Waals surface area contributed by atoms with Crippen LogP contribution in [0.2, 0.25) is 0 Å². The first-order valence-corrected chi connectivity index (χ1v) is 5.52. The fourth-order valence-corrected chi connectivity index (χ4v) is 1.65. The number of hydrogen-bond acceptors (Lipinski definition) is 6. The minimum atomic E-state index is -1.11. The maximum atomic E-state index is 9.73. The van der Waals surface area contributed by atoms with E-state index in [9.17, 15) is 15.3 Å². The molecule has 0 radical (unpaired) electrons. The zero-order valence-corrected chi connectivity index (χ0v) is 9.32. The van der Waals surface area contributed by atoms with Gasteiger partial charge in [0.2, 0.25) is 0 Å². The molecular formula is C10H20O6. The van der Waals surface area contributed by atoms with Crippen molar-refractivity contribution in [3.63, 3.8) is 0 Å². The number of ether oxygens (including phenoxy) is 2. The maximum absolute atomic E-state index is 9.73. The van der Waals surface area contributed by atoms with Crippen LogP contribution in [0.1, 0.15) is 19.8 Å². The molecule has 1 saturated heterocycles. The summed E-state index contributed by atoms with van der Waals surface area (Å²) in [6.45, 7) is 1.73. The third-order valence-corrected chi connectivity index (χ3v) is 2.68. The first-order chi connectivity index (χ1) is 7.60. The van der Waals surface area contributed by atoms with E-state index in [2.05, 4.69) is 0 Å². The zero-order chi connectivity index (χ0) is 12.1. The van der Waals surface area contributed by atoms with Gasteiger partial charge in [0.1, 0.15) is 18.3 Å². The molecule has 6 heteroatoms. The lowest BCUT2D eigenvalue weighted by Gasteiger charge is -2.37. The van der Waals surface area contributed by atoms with Gasteiger partial charge in [-0.2, -0.15) is 0 Å². The van der Waals surface area contributed by atoms with Crippen LogP contribution in [0.3, 0.4) is 0 Å². The van der Waals surface area contributed by atoms with E-state index in [1.165, 1.54) is 0 Å². The van der Waals surface area contributed by atoms with Crippen molar-refractivity contribution in [3.8, 4) is 0 Å². The fourth-order valence-electron chi connectivity index (χ4n) is 1.65. The molecule has 0 bridgehead atoms. The molecule has 1 fully saturated rings. The van der Waals surface area contributed by atoms with Crippen LogP contribution in [0.25, 0.3) is 0 Å². The second-order valence-electron chi connectivity index (χ2n) is 3.90. The monoisotopic (exact) mass is 236 g/mol. The van der Waals surface area contributed by atoms with Crippen LogP contribution in [-0.4, -0.2) is 64.3 Å². The Labute approximate surface area is 94.4 Å². The lowest BCUT2D eigenvalue weighted by atomic mass is 9.98. The number of aliphatic hydroxyl groups excluding tert-OH is 4. The molecule has 5 atom stereocenters. The molecule has 6 nitrogen and oxygen atoms in total. The van der Waals surface area contributed by atoms with E-state index in [-0.39, 0.29) is 19.6 Å². The van der Waals surface area contributed by atoms with Crippen LogP contribution >= 0.6 is 0 Å². The smallest absolute Gasteiger partial charge is 0.154 e. The fraction of sp³-hybridized carbons (Fsp3) is 1.00. The van der Waals surface area contributed by atoms with Crippen molar-refractivity contribution < 1.29 is 29.9 Å². The highest BCUT2D eigenvalue weighted by atomic mass is 16.6. The molecule has 0 spiro atoms. The molecule has 0 amide bonds. The summed E-state index contributed by atoms with van der Waals surface area (Å²) in [5.41, 5.74) is 0. The third-order valence-electron chi connectivity index (χ3n) is 2.68. The summed E-state index contributed by atoms with van der Waals surface area (Å²) in [4.78, 5) is 0. The molecule has 4 N–H and O–H groups in total. The second kappa shape index (κ2) is 6.48. The normalized spacial score (nSPS) is 37.3. The van der Waals surface area contributed by atoms with E-state index < -0.39 is 30.7 Å². The highest BCUT2D eigenvalue weighted by Crippen LogP contribution is 2.21. The highest BCUT2D eigenvalue weighted by molar-refractivity contribution is 4.87. The molecule has 1 aliphatic heterocycles. The lowest BCUT2D eigenvalue weighted by molar-refractivity contribution is -0.243. The van der Waals surface area contributed by atoms with Crippen LogP contribution in [0.15, 0.2) is 0 Å². The Kier molecular flexibility index (Phi) is 5.60. The summed E-state index contributed by atoms with van der Waals surface area (Å²) in [7, 11) is 0. The Hall–Kier alpha value is -0.240. The Bertz CT molecular complexity index is 200. The summed E-state index contributed by atoms with van der Waals surface area (Å²) in [5.74, 6) is 0. The molecule has 96 valence electrons. The van der Waals surface area contributed by atoms with Crippen LogP contribution in [0.4, 0.5) is 0 Å². The van der Waals surface area contributed by atoms with Gasteiger partial charge in [0.15, 0.2) is 6.29 Å². The average molecular weight is 236 g/mol. The second-order valence-corrected chi connectivity index (χ2v) is 3.90. The quantitative estimate of drug-likeness (QED) is 0.438. The van der Waals surface area contributed by atoms with E-state index >= 15 is 0 Å². The van der Waals surface area contributed by atoms with Crippen molar-refractivity contribution in [2.24, 2.45) is 0 Å². The largest absolute Gasteiger partial charge is 0.396 e. The molecule has 0 aliphatic carbocycles. The van der Waals surface area contributed by atoms with Gasteiger partial charge in [-0.15, -0.1) is 0 Å². The lowest BCUT2D eigenvalue weighted by Crippen LogP contribution is -2.54. The molecule has 2 unspecified atom stereocenters. The summed E-state index contributed by atoms with van der Waals surface area (Å²) >= 11 is 0. The number of hydrogen-bond donors (Lipinski definition) is 4. The van der Waals surface area contributed by atoms with Crippen molar-refractivity contribution in [1.82, 2.24) is 0 Å². The summed E-state index contributed by atoms with van der Waals surface area (Å²) in [6.07, 6.45) is -3.83. The summed E-state index contributed by atoms with van der Waals surface area (Å²) < 4.78 is 10.4. The van der Waals surface area contributed by atoms with Gasteiger partial charge in [-0.1, -0.05) is 6.92 Å². The van der Waals surface area contributed by atoms with Crippen molar-refractivity contribution in [3.05, 3.63) is 0 Å². The molecule has 1 heterocycles. The van der Waals surface area contributed by atoms with Crippen molar-refractivity contribution in [1.29, 1.82) is 0 Å². The molecule has 0 saturated carbocycles. The Morgan fingerprint density at radius 2 is 2.06 bits per heavy atom. The van der Waals surface area contributed by atoms with Gasteiger partial charge in [0.25, 0.3) is 0 Å². The Morgan fingerprint density at radius 3 is 2.62 bits per heavy atom. The van der Waals surface area contributed by atoms with E-state index in [0.29, 0.717) is 6.42 Å². The van der Waals surface area contributed by atoms with Crippen molar-refractivity contribution >= 4 is 0 Å². The van der Waals surface area contributed by atoms with E-state index in [1.807, 2.05) is 0 Å². The van der Waals surface area contributed by atoms with Crippen LogP contribution in [-0.2, 0) is 9.47 Å². The molecule has 0 aromatic heterocycles. The molecule has 0 aromatic carbocycles. The summed E-state index contributed by atoms with van der Waals surface area (Å²) in [5, 5.41) is 37.4. The molecule has 1 rings (SSSR count). The molecule has 16 heavy (non-hydrogen) atoms. The van der Waals surface area contributed by atoms with Gasteiger partial charge in [0, 0.05) is 6.61 Å². The van der Waals surface area contributed by atoms with Gasteiger partial charge in [0.05, 0.1) is 12.7 Å². The SMILES string of the molecule is CC[C@@H](O)OC1COC(CCO)[C@@H](O)[C@H]1O. The topological polar surface area (TPSA) is 99.4 Å². The minimum Gasteiger partial charge on any atom is -0.396 e. The molecule has 0 aromatic rings. The van der Waals surface area contributed by atoms with Crippen LogP contribution in [0.5, 0.6) is 0 Å². The van der Waals surface area contributed by atoms with E-state index in [1.54, 1.807) is 6.92 Å². The van der Waals surface area contributed by atoms with E-state index in [4.69, 9.17) is 14.6 Å². The van der Waals surface area contributed by atoms with Crippen LogP contribution in [0, 0.1) is 0 Å². The van der Waals surface area contributed by atoms with Gasteiger partial charge < -0.3 is 29.9 Å². The third kappa shape index (κ3) is 3.38. The van der Waals surface area contributed by atoms with E-state index in [0.717, 1.165) is 0 Å². The highest BCUT2D eigenvalue weighted by Gasteiger charge is 2.39. The van der Waals surface area contributed by atoms with Gasteiger partial charge in [-0.05, 0) is 12.8 Å². The van der Waals surface area contributed by atoms with Crippen molar-refractivity contribution in [2.45, 2.75) is 50.5 Å². The number of rotatable bonds is 5. The maximum Gasteiger partial charge on any atom is 0.154 e. The minimum absolute atomic E-state index is 0.0972. The number of aliphatic hydroxyl groups is 4. The van der Waals surface area contributed by atoms with Gasteiger partial charge in [-0.25, -0.2) is 0 Å². The average Bonchev–Trinajstić information content (AvgIpc) is 2.28. The predicted molar refractivity (Wildman–Crippen MR) is 54.6 cm³/mol. The standard InChI is InChI=1S/C10H20O6/c1-2-8(12)16-7-5-15-6(3-4-11)9(13)10(7)14/h6-14H,2-5H2,1H3/t6?,7?,8-,9+,10-/m0/s1.